The van der Waals surface area contributed by atoms with Gasteiger partial charge >= 0.3 is 5.97 Å². The van der Waals surface area contributed by atoms with E-state index in [4.69, 9.17) is 4.74 Å². The van der Waals surface area contributed by atoms with Crippen LogP contribution in [0.1, 0.15) is 50.7 Å². The van der Waals surface area contributed by atoms with Crippen LogP contribution in [0, 0.1) is 0 Å². The topological polar surface area (TPSA) is 68.3 Å². The molecular formula is C14H20N2O3S. The molecule has 0 spiro atoms. The fourth-order valence-corrected chi connectivity index (χ4v) is 3.15. The summed E-state index contributed by atoms with van der Waals surface area (Å²) in [6.07, 6.45) is 0.288. The van der Waals surface area contributed by atoms with E-state index in [1.54, 1.807) is 18.3 Å². The molecule has 1 aliphatic rings. The molecule has 1 amide bonds. The van der Waals surface area contributed by atoms with Gasteiger partial charge in [-0.25, -0.2) is 9.78 Å². The summed E-state index contributed by atoms with van der Waals surface area (Å²) >= 11 is 1.57. The van der Waals surface area contributed by atoms with Gasteiger partial charge in [-0.05, 0) is 6.92 Å². The molecule has 1 fully saturated rings. The monoisotopic (exact) mass is 296 g/mol. The van der Waals surface area contributed by atoms with Gasteiger partial charge in [0, 0.05) is 23.1 Å². The number of nitrogens with zero attached hydrogens (tertiary/aromatic N) is 1. The average Bonchev–Trinajstić information content (AvgIpc) is 2.94. The molecule has 1 aromatic heterocycles. The molecule has 1 aromatic rings. The lowest BCUT2D eigenvalue weighted by Gasteiger charge is -2.16. The van der Waals surface area contributed by atoms with E-state index in [9.17, 15) is 9.59 Å². The van der Waals surface area contributed by atoms with E-state index >= 15 is 0 Å². The molecule has 2 unspecified atom stereocenters. The Bertz CT molecular complexity index is 519. The van der Waals surface area contributed by atoms with E-state index in [1.165, 1.54) is 0 Å². The van der Waals surface area contributed by atoms with Crippen LogP contribution in [0.25, 0.3) is 0 Å². The molecule has 1 N–H and O–H groups in total. The van der Waals surface area contributed by atoms with E-state index in [0.717, 1.165) is 10.7 Å². The van der Waals surface area contributed by atoms with Crippen molar-refractivity contribution in [2.24, 2.45) is 0 Å². The summed E-state index contributed by atoms with van der Waals surface area (Å²) in [6, 6.07) is -0.614. The number of amides is 1. The highest BCUT2D eigenvalue weighted by molar-refractivity contribution is 7.09. The highest BCUT2D eigenvalue weighted by Crippen LogP contribution is 2.33. The number of carbonyl (C=O) groups excluding carboxylic acids is 2. The van der Waals surface area contributed by atoms with Gasteiger partial charge in [0.25, 0.3) is 0 Å². The molecule has 0 bridgehead atoms. The Balaban J connectivity index is 2.23. The number of aromatic nitrogens is 1. The maximum Gasteiger partial charge on any atom is 0.329 e. The second-order valence-electron chi connectivity index (χ2n) is 5.94. The van der Waals surface area contributed by atoms with E-state index < -0.39 is 6.04 Å². The number of carbonyl (C=O) groups is 2. The van der Waals surface area contributed by atoms with Crippen LogP contribution in [-0.2, 0) is 19.7 Å². The van der Waals surface area contributed by atoms with Gasteiger partial charge in [-0.1, -0.05) is 20.8 Å². The third-order valence-corrected chi connectivity index (χ3v) is 4.49. The van der Waals surface area contributed by atoms with Gasteiger partial charge in [-0.2, -0.15) is 0 Å². The first kappa shape index (κ1) is 15.0. The number of ether oxygens (including phenoxy) is 1. The zero-order valence-electron chi connectivity index (χ0n) is 12.2. The van der Waals surface area contributed by atoms with Crippen molar-refractivity contribution in [2.45, 2.75) is 51.5 Å². The van der Waals surface area contributed by atoms with Gasteiger partial charge in [0.2, 0.25) is 5.91 Å². The minimum absolute atomic E-state index is 0.0294. The second kappa shape index (κ2) is 5.52. The summed E-state index contributed by atoms with van der Waals surface area (Å²) < 4.78 is 5.02. The molecule has 5 nitrogen and oxygen atoms in total. The average molecular weight is 296 g/mol. The molecule has 2 atom stereocenters. The lowest BCUT2D eigenvalue weighted by atomic mass is 9.96. The molecule has 6 heteroatoms. The van der Waals surface area contributed by atoms with Crippen molar-refractivity contribution in [3.63, 3.8) is 0 Å². The van der Waals surface area contributed by atoms with Crippen LogP contribution in [0.3, 0.4) is 0 Å². The summed E-state index contributed by atoms with van der Waals surface area (Å²) in [5, 5.41) is 5.64. The first-order chi connectivity index (χ1) is 9.32. The standard InChI is InChI=1S/C14H20N2O3S/c1-5-19-12(18)11-8(6-10(17)16-11)9-7-20-13(15-9)14(2,3)4/h7-8,11H,5-6H2,1-4H3,(H,16,17). The molecule has 1 aliphatic heterocycles. The number of thiazole rings is 1. The molecular weight excluding hydrogens is 276 g/mol. The summed E-state index contributed by atoms with van der Waals surface area (Å²) in [7, 11) is 0. The van der Waals surface area contributed by atoms with Gasteiger partial charge in [0.1, 0.15) is 6.04 Å². The van der Waals surface area contributed by atoms with Crippen molar-refractivity contribution in [1.29, 1.82) is 0 Å². The van der Waals surface area contributed by atoms with Crippen LogP contribution in [0.15, 0.2) is 5.38 Å². The number of esters is 1. The summed E-state index contributed by atoms with van der Waals surface area (Å²) in [4.78, 5) is 28.1. The van der Waals surface area contributed by atoms with Crippen LogP contribution in [0.5, 0.6) is 0 Å². The molecule has 0 aliphatic carbocycles. The van der Waals surface area contributed by atoms with Gasteiger partial charge in [0.05, 0.1) is 17.3 Å². The largest absolute Gasteiger partial charge is 0.464 e. The van der Waals surface area contributed by atoms with Crippen LogP contribution in [0.4, 0.5) is 0 Å². The Hall–Kier alpha value is -1.43. The van der Waals surface area contributed by atoms with E-state index in [0.29, 0.717) is 6.61 Å². The Morgan fingerprint density at radius 1 is 1.55 bits per heavy atom. The molecule has 2 heterocycles. The van der Waals surface area contributed by atoms with Crippen LogP contribution in [-0.4, -0.2) is 29.5 Å². The first-order valence-electron chi connectivity index (χ1n) is 6.75. The quantitative estimate of drug-likeness (QED) is 0.866. The summed E-state index contributed by atoms with van der Waals surface area (Å²) in [5.41, 5.74) is 0.773. The van der Waals surface area contributed by atoms with Crippen molar-refractivity contribution in [2.75, 3.05) is 6.61 Å². The van der Waals surface area contributed by atoms with Gasteiger partial charge in [-0.3, -0.25) is 4.79 Å². The molecule has 1 saturated heterocycles. The van der Waals surface area contributed by atoms with Crippen LogP contribution < -0.4 is 5.32 Å². The lowest BCUT2D eigenvalue weighted by molar-refractivity contribution is -0.146. The van der Waals surface area contributed by atoms with Crippen LogP contribution in [0.2, 0.25) is 0 Å². The molecule has 110 valence electrons. The fourth-order valence-electron chi connectivity index (χ4n) is 2.18. The molecule has 0 saturated carbocycles. The van der Waals surface area contributed by atoms with Crippen molar-refractivity contribution in [3.8, 4) is 0 Å². The highest BCUT2D eigenvalue weighted by atomic mass is 32.1. The highest BCUT2D eigenvalue weighted by Gasteiger charge is 2.40. The molecule has 0 radical (unpaired) electrons. The van der Waals surface area contributed by atoms with Crippen molar-refractivity contribution in [1.82, 2.24) is 10.3 Å². The summed E-state index contributed by atoms with van der Waals surface area (Å²) in [6.45, 7) is 8.34. The third-order valence-electron chi connectivity index (χ3n) is 3.21. The Labute approximate surface area is 122 Å². The Morgan fingerprint density at radius 2 is 2.25 bits per heavy atom. The SMILES string of the molecule is CCOC(=O)C1NC(=O)CC1c1csc(C(C)(C)C)n1. The van der Waals surface area contributed by atoms with E-state index in [-0.39, 0.29) is 29.6 Å². The smallest absolute Gasteiger partial charge is 0.329 e. The van der Waals surface area contributed by atoms with Crippen LogP contribution >= 0.6 is 11.3 Å². The minimum atomic E-state index is -0.614. The minimum Gasteiger partial charge on any atom is -0.464 e. The predicted octanol–water partition coefficient (Wildman–Crippen LogP) is 1.98. The number of rotatable bonds is 3. The molecule has 20 heavy (non-hydrogen) atoms. The fraction of sp³-hybridized carbons (Fsp3) is 0.643. The normalized spacial score (nSPS) is 22.7. The maximum atomic E-state index is 11.9. The van der Waals surface area contributed by atoms with E-state index in [2.05, 4.69) is 31.1 Å². The van der Waals surface area contributed by atoms with Gasteiger partial charge < -0.3 is 10.1 Å². The van der Waals surface area contributed by atoms with Crippen molar-refractivity contribution >= 4 is 23.2 Å². The number of hydrogen-bond donors (Lipinski definition) is 1. The second-order valence-corrected chi connectivity index (χ2v) is 6.79. The van der Waals surface area contributed by atoms with E-state index in [1.807, 2.05) is 5.38 Å². The Kier molecular flexibility index (Phi) is 4.13. The Morgan fingerprint density at radius 3 is 2.80 bits per heavy atom. The first-order valence-corrected chi connectivity index (χ1v) is 7.62. The number of nitrogens with one attached hydrogen (secondary N) is 1. The van der Waals surface area contributed by atoms with Gasteiger partial charge in [0.15, 0.2) is 0 Å². The molecule has 2 rings (SSSR count). The maximum absolute atomic E-state index is 11.9. The third kappa shape index (κ3) is 3.00. The summed E-state index contributed by atoms with van der Waals surface area (Å²) in [5.74, 6) is -0.735. The number of hydrogen-bond acceptors (Lipinski definition) is 5. The zero-order chi connectivity index (χ0) is 14.9. The zero-order valence-corrected chi connectivity index (χ0v) is 13.0. The molecule has 0 aromatic carbocycles. The van der Waals surface area contributed by atoms with Crippen molar-refractivity contribution in [3.05, 3.63) is 16.1 Å². The van der Waals surface area contributed by atoms with Gasteiger partial charge in [-0.15, -0.1) is 11.3 Å². The van der Waals surface area contributed by atoms with Crippen molar-refractivity contribution < 1.29 is 14.3 Å². The lowest BCUT2D eigenvalue weighted by Crippen LogP contribution is -2.37. The predicted molar refractivity (Wildman–Crippen MR) is 76.7 cm³/mol.